The van der Waals surface area contributed by atoms with Crippen molar-refractivity contribution in [2.45, 2.75) is 6.92 Å². The Bertz CT molecular complexity index is 815. The number of nitrogens with one attached hydrogen (secondary N) is 1. The van der Waals surface area contributed by atoms with E-state index in [1.165, 1.54) is 0 Å². The molecule has 0 radical (unpaired) electrons. The molecule has 21 heavy (non-hydrogen) atoms. The lowest BCUT2D eigenvalue weighted by Crippen LogP contribution is -2.13. The van der Waals surface area contributed by atoms with E-state index in [0.29, 0.717) is 16.8 Å². The van der Waals surface area contributed by atoms with E-state index in [1.807, 2.05) is 6.92 Å². The van der Waals surface area contributed by atoms with Gasteiger partial charge in [0.15, 0.2) is 5.15 Å². The van der Waals surface area contributed by atoms with Crippen molar-refractivity contribution in [2.24, 2.45) is 0 Å². The van der Waals surface area contributed by atoms with Gasteiger partial charge in [-0.15, -0.1) is 0 Å². The molecule has 0 saturated heterocycles. The van der Waals surface area contributed by atoms with Crippen molar-refractivity contribution in [3.05, 3.63) is 59.1 Å². The van der Waals surface area contributed by atoms with E-state index in [4.69, 9.17) is 11.6 Å². The number of rotatable bonds is 2. The lowest BCUT2D eigenvalue weighted by atomic mass is 10.1. The van der Waals surface area contributed by atoms with Crippen LogP contribution in [0, 0.1) is 6.92 Å². The molecule has 2 heterocycles. The number of nitrogens with zero attached hydrogens (tertiary/aromatic N) is 3. The van der Waals surface area contributed by atoms with E-state index in [9.17, 15) is 4.79 Å². The van der Waals surface area contributed by atoms with Crippen LogP contribution in [0.25, 0.3) is 11.0 Å². The zero-order chi connectivity index (χ0) is 14.8. The minimum Gasteiger partial charge on any atom is -0.319 e. The first-order valence-electron chi connectivity index (χ1n) is 6.28. The topological polar surface area (TPSA) is 67.8 Å². The monoisotopic (exact) mass is 298 g/mol. The smallest absolute Gasteiger partial charge is 0.255 e. The molecule has 0 saturated carbocycles. The van der Waals surface area contributed by atoms with Crippen LogP contribution in [0.15, 0.2) is 42.9 Å². The van der Waals surface area contributed by atoms with E-state index in [0.717, 1.165) is 11.1 Å². The van der Waals surface area contributed by atoms with Crippen LogP contribution in [-0.4, -0.2) is 20.9 Å². The quantitative estimate of drug-likeness (QED) is 0.738. The van der Waals surface area contributed by atoms with Gasteiger partial charge in [0.1, 0.15) is 0 Å². The zero-order valence-corrected chi connectivity index (χ0v) is 11.9. The fourth-order valence-corrected chi connectivity index (χ4v) is 2.22. The number of aryl methyl sites for hydroxylation is 1. The molecule has 0 atom stereocenters. The molecule has 104 valence electrons. The summed E-state index contributed by atoms with van der Waals surface area (Å²) in [5, 5.41) is 3.05. The summed E-state index contributed by atoms with van der Waals surface area (Å²) < 4.78 is 0. The molecule has 3 aromatic rings. The number of hydrogen-bond acceptors (Lipinski definition) is 4. The summed E-state index contributed by atoms with van der Waals surface area (Å²) in [7, 11) is 0. The third-order valence-electron chi connectivity index (χ3n) is 3.08. The lowest BCUT2D eigenvalue weighted by molar-refractivity contribution is 0.102. The van der Waals surface area contributed by atoms with Crippen molar-refractivity contribution in [2.75, 3.05) is 5.32 Å². The number of carbonyl (C=O) groups is 1. The molecule has 6 heteroatoms. The number of fused-ring (bicyclic) bond motifs is 1. The second-order valence-corrected chi connectivity index (χ2v) is 4.87. The van der Waals surface area contributed by atoms with Gasteiger partial charge in [-0.2, -0.15) is 0 Å². The lowest BCUT2D eigenvalue weighted by Gasteiger charge is -2.09. The summed E-state index contributed by atoms with van der Waals surface area (Å²) in [5.74, 6) is -0.263. The highest BCUT2D eigenvalue weighted by Crippen LogP contribution is 2.23. The summed E-state index contributed by atoms with van der Waals surface area (Å²) in [6.07, 6.45) is 4.80. The number of anilines is 1. The van der Waals surface area contributed by atoms with Crippen LogP contribution >= 0.6 is 11.6 Å². The molecule has 0 aliphatic rings. The van der Waals surface area contributed by atoms with Crippen LogP contribution in [0.2, 0.25) is 5.15 Å². The molecule has 2 aromatic heterocycles. The second-order valence-electron chi connectivity index (χ2n) is 4.51. The van der Waals surface area contributed by atoms with E-state index in [1.54, 1.807) is 42.9 Å². The first-order chi connectivity index (χ1) is 10.1. The van der Waals surface area contributed by atoms with E-state index in [2.05, 4.69) is 20.3 Å². The van der Waals surface area contributed by atoms with Crippen LogP contribution in [-0.2, 0) is 0 Å². The van der Waals surface area contributed by atoms with E-state index >= 15 is 0 Å². The molecule has 0 bridgehead atoms. The van der Waals surface area contributed by atoms with E-state index < -0.39 is 0 Å². The predicted octanol–water partition coefficient (Wildman–Crippen LogP) is 3.24. The molecule has 1 amide bonds. The molecule has 0 aliphatic carbocycles. The molecular weight excluding hydrogens is 288 g/mol. The Labute approximate surface area is 126 Å². The highest BCUT2D eigenvalue weighted by atomic mass is 35.5. The van der Waals surface area contributed by atoms with Gasteiger partial charge in [0.05, 0.1) is 16.7 Å². The number of benzene rings is 1. The van der Waals surface area contributed by atoms with Crippen LogP contribution in [0.3, 0.4) is 0 Å². The van der Waals surface area contributed by atoms with Crippen molar-refractivity contribution >= 4 is 34.2 Å². The van der Waals surface area contributed by atoms with Gasteiger partial charge in [0.25, 0.3) is 5.91 Å². The number of pyridine rings is 1. The first kappa shape index (κ1) is 13.5. The maximum atomic E-state index is 12.3. The van der Waals surface area contributed by atoms with Crippen molar-refractivity contribution < 1.29 is 4.79 Å². The fourth-order valence-electron chi connectivity index (χ4n) is 1.97. The molecular formula is C15H11ClN4O. The molecule has 0 unspecified atom stereocenters. The normalized spacial score (nSPS) is 10.6. The van der Waals surface area contributed by atoms with Gasteiger partial charge in [-0.1, -0.05) is 11.6 Å². The number of halogens is 1. The Kier molecular flexibility index (Phi) is 3.50. The maximum absolute atomic E-state index is 12.3. The fraction of sp³-hybridized carbons (Fsp3) is 0.0667. The number of aromatic nitrogens is 3. The van der Waals surface area contributed by atoms with E-state index in [-0.39, 0.29) is 11.1 Å². The largest absolute Gasteiger partial charge is 0.319 e. The van der Waals surface area contributed by atoms with Gasteiger partial charge < -0.3 is 5.32 Å². The highest BCUT2D eigenvalue weighted by molar-refractivity contribution is 6.32. The van der Waals surface area contributed by atoms with Crippen molar-refractivity contribution in [1.29, 1.82) is 0 Å². The van der Waals surface area contributed by atoms with Crippen LogP contribution in [0.5, 0.6) is 0 Å². The average Bonchev–Trinajstić information content (AvgIpc) is 2.50. The first-order valence-corrected chi connectivity index (χ1v) is 6.66. The van der Waals surface area contributed by atoms with Crippen LogP contribution in [0.1, 0.15) is 15.9 Å². The number of carbonyl (C=O) groups excluding carboxylic acids is 1. The minimum atomic E-state index is -0.263. The third kappa shape index (κ3) is 2.68. The maximum Gasteiger partial charge on any atom is 0.255 e. The Hall–Kier alpha value is -2.53. The Morgan fingerprint density at radius 2 is 1.81 bits per heavy atom. The van der Waals surface area contributed by atoms with Crippen molar-refractivity contribution in [1.82, 2.24) is 15.0 Å². The summed E-state index contributed by atoms with van der Waals surface area (Å²) in [6.45, 7) is 1.86. The highest BCUT2D eigenvalue weighted by Gasteiger charge is 2.12. The summed E-state index contributed by atoms with van der Waals surface area (Å²) >= 11 is 6.01. The Morgan fingerprint density at radius 1 is 1.05 bits per heavy atom. The van der Waals surface area contributed by atoms with Gasteiger partial charge in [0, 0.05) is 24.2 Å². The number of amides is 1. The molecule has 1 N–H and O–H groups in total. The van der Waals surface area contributed by atoms with Crippen LogP contribution in [0.4, 0.5) is 5.69 Å². The third-order valence-corrected chi connectivity index (χ3v) is 3.37. The Balaban J connectivity index is 1.94. The van der Waals surface area contributed by atoms with Gasteiger partial charge in [-0.3, -0.25) is 14.8 Å². The minimum absolute atomic E-state index is 0.263. The predicted molar refractivity (Wildman–Crippen MR) is 81.5 cm³/mol. The SMILES string of the molecule is Cc1ccnc(Cl)c1NC(=O)c1ccc2nccnc2c1. The summed E-state index contributed by atoms with van der Waals surface area (Å²) in [6, 6.07) is 6.94. The van der Waals surface area contributed by atoms with Gasteiger partial charge >= 0.3 is 0 Å². The second kappa shape index (κ2) is 5.46. The molecule has 1 aromatic carbocycles. The molecule has 0 spiro atoms. The molecule has 3 rings (SSSR count). The average molecular weight is 299 g/mol. The van der Waals surface area contributed by atoms with Crippen LogP contribution < -0.4 is 5.32 Å². The zero-order valence-electron chi connectivity index (χ0n) is 11.2. The summed E-state index contributed by atoms with van der Waals surface area (Å²) in [5.41, 5.74) is 3.26. The van der Waals surface area contributed by atoms with Gasteiger partial charge in [-0.05, 0) is 36.8 Å². The molecule has 0 aliphatic heterocycles. The van der Waals surface area contributed by atoms with Gasteiger partial charge in [-0.25, -0.2) is 4.98 Å². The summed E-state index contributed by atoms with van der Waals surface area (Å²) in [4.78, 5) is 24.6. The molecule has 5 nitrogen and oxygen atoms in total. The standard InChI is InChI=1S/C15H11ClN4O/c1-9-4-5-19-14(16)13(9)20-15(21)10-2-3-11-12(8-10)18-7-6-17-11/h2-8H,1H3,(H,20,21). The Morgan fingerprint density at radius 3 is 2.57 bits per heavy atom. The number of hydrogen-bond donors (Lipinski definition) is 1. The van der Waals surface area contributed by atoms with Crippen molar-refractivity contribution in [3.8, 4) is 0 Å². The van der Waals surface area contributed by atoms with Crippen molar-refractivity contribution in [3.63, 3.8) is 0 Å². The van der Waals surface area contributed by atoms with Gasteiger partial charge in [0.2, 0.25) is 0 Å². The molecule has 0 fully saturated rings.